The molecular formula is C14H17FN2O. The largest absolute Gasteiger partial charge is 0.361 e. The van der Waals surface area contributed by atoms with Gasteiger partial charge in [-0.05, 0) is 30.2 Å². The van der Waals surface area contributed by atoms with Crippen LogP contribution < -0.4 is 5.32 Å². The molecule has 0 fully saturated rings. The molecule has 1 amide bonds. The molecule has 2 aromatic rings. The summed E-state index contributed by atoms with van der Waals surface area (Å²) >= 11 is 0. The number of H-pyrrole nitrogens is 1. The number of halogens is 1. The minimum atomic E-state index is -0.241. The maximum atomic E-state index is 13.2. The van der Waals surface area contributed by atoms with Gasteiger partial charge in [0.1, 0.15) is 5.82 Å². The first-order valence-electron chi connectivity index (χ1n) is 6.11. The number of nitrogens with one attached hydrogen (secondary N) is 2. The Hall–Kier alpha value is -1.84. The van der Waals surface area contributed by atoms with E-state index in [2.05, 4.69) is 10.3 Å². The third-order valence-corrected chi connectivity index (χ3v) is 2.95. The topological polar surface area (TPSA) is 44.9 Å². The van der Waals surface area contributed by atoms with E-state index in [9.17, 15) is 9.18 Å². The lowest BCUT2D eigenvalue weighted by molar-refractivity contribution is -0.123. The molecule has 2 N–H and O–H groups in total. The molecule has 0 saturated heterocycles. The lowest BCUT2D eigenvalue weighted by atomic mass is 10.1. The van der Waals surface area contributed by atoms with Crippen molar-refractivity contribution in [3.8, 4) is 0 Å². The van der Waals surface area contributed by atoms with E-state index in [-0.39, 0.29) is 17.6 Å². The molecule has 0 aliphatic carbocycles. The first kappa shape index (κ1) is 12.6. The molecular weight excluding hydrogens is 231 g/mol. The van der Waals surface area contributed by atoms with Crippen molar-refractivity contribution in [2.45, 2.75) is 20.3 Å². The maximum absolute atomic E-state index is 13.2. The summed E-state index contributed by atoms with van der Waals surface area (Å²) in [6.07, 6.45) is 2.56. The molecule has 96 valence electrons. The van der Waals surface area contributed by atoms with Crippen LogP contribution in [0.4, 0.5) is 4.39 Å². The van der Waals surface area contributed by atoms with Crippen LogP contribution in [-0.2, 0) is 11.2 Å². The summed E-state index contributed by atoms with van der Waals surface area (Å²) in [4.78, 5) is 14.5. The van der Waals surface area contributed by atoms with Crippen LogP contribution in [0, 0.1) is 11.7 Å². The van der Waals surface area contributed by atoms with E-state index in [4.69, 9.17) is 0 Å². The Balaban J connectivity index is 2.04. The van der Waals surface area contributed by atoms with Gasteiger partial charge in [0.25, 0.3) is 0 Å². The van der Waals surface area contributed by atoms with Crippen LogP contribution in [0.2, 0.25) is 0 Å². The Morgan fingerprint density at radius 1 is 1.44 bits per heavy atom. The zero-order valence-corrected chi connectivity index (χ0v) is 10.6. The van der Waals surface area contributed by atoms with Crippen molar-refractivity contribution >= 4 is 16.8 Å². The van der Waals surface area contributed by atoms with Crippen molar-refractivity contribution in [2.24, 2.45) is 5.92 Å². The van der Waals surface area contributed by atoms with Gasteiger partial charge in [0.15, 0.2) is 0 Å². The summed E-state index contributed by atoms with van der Waals surface area (Å²) in [7, 11) is 0. The van der Waals surface area contributed by atoms with E-state index < -0.39 is 0 Å². The van der Waals surface area contributed by atoms with Gasteiger partial charge in [0.05, 0.1) is 0 Å². The maximum Gasteiger partial charge on any atom is 0.222 e. The molecule has 0 bridgehead atoms. The van der Waals surface area contributed by atoms with Crippen LogP contribution in [0.25, 0.3) is 10.9 Å². The van der Waals surface area contributed by atoms with Crippen molar-refractivity contribution < 1.29 is 9.18 Å². The number of fused-ring (bicyclic) bond motifs is 1. The molecule has 0 spiro atoms. The average Bonchev–Trinajstić information content (AvgIpc) is 2.71. The quantitative estimate of drug-likeness (QED) is 0.858. The first-order valence-corrected chi connectivity index (χ1v) is 6.11. The number of carbonyl (C=O) groups excluding carboxylic acids is 1. The Labute approximate surface area is 105 Å². The number of hydrogen-bond acceptors (Lipinski definition) is 1. The van der Waals surface area contributed by atoms with Crippen molar-refractivity contribution in [1.82, 2.24) is 10.3 Å². The first-order chi connectivity index (χ1) is 8.58. The summed E-state index contributed by atoms with van der Waals surface area (Å²) in [6, 6.07) is 4.68. The van der Waals surface area contributed by atoms with Crippen LogP contribution in [0.5, 0.6) is 0 Å². The number of carbonyl (C=O) groups is 1. The number of rotatable bonds is 4. The Kier molecular flexibility index (Phi) is 3.65. The number of aromatic amines is 1. The molecule has 1 aromatic carbocycles. The van der Waals surface area contributed by atoms with E-state index in [1.54, 1.807) is 6.07 Å². The highest BCUT2D eigenvalue weighted by Crippen LogP contribution is 2.19. The van der Waals surface area contributed by atoms with Crippen molar-refractivity contribution in [1.29, 1.82) is 0 Å². The van der Waals surface area contributed by atoms with E-state index in [1.165, 1.54) is 12.1 Å². The fraction of sp³-hybridized carbons (Fsp3) is 0.357. The number of benzene rings is 1. The summed E-state index contributed by atoms with van der Waals surface area (Å²) in [5.74, 6) is -0.207. The Bertz CT molecular complexity index is 560. The normalized spacial score (nSPS) is 11.1. The summed E-state index contributed by atoms with van der Waals surface area (Å²) in [6.45, 7) is 4.29. The predicted octanol–water partition coefficient (Wildman–Crippen LogP) is 2.62. The fourth-order valence-corrected chi connectivity index (χ4v) is 1.88. The standard InChI is InChI=1S/C14H17FN2O/c1-9(2)14(18)16-6-5-10-8-17-13-4-3-11(15)7-12(10)13/h3-4,7-9,17H,5-6H2,1-2H3,(H,16,18). The van der Waals surface area contributed by atoms with Crippen LogP contribution in [-0.4, -0.2) is 17.4 Å². The molecule has 1 heterocycles. The van der Waals surface area contributed by atoms with Gasteiger partial charge < -0.3 is 10.3 Å². The summed E-state index contributed by atoms with van der Waals surface area (Å²) in [5, 5.41) is 3.74. The van der Waals surface area contributed by atoms with E-state index in [0.717, 1.165) is 16.5 Å². The van der Waals surface area contributed by atoms with Gasteiger partial charge in [-0.2, -0.15) is 0 Å². The highest BCUT2D eigenvalue weighted by Gasteiger charge is 2.07. The molecule has 3 nitrogen and oxygen atoms in total. The second-order valence-corrected chi connectivity index (χ2v) is 4.70. The van der Waals surface area contributed by atoms with Gasteiger partial charge in [-0.25, -0.2) is 4.39 Å². The average molecular weight is 248 g/mol. The van der Waals surface area contributed by atoms with Crippen LogP contribution in [0.3, 0.4) is 0 Å². The highest BCUT2D eigenvalue weighted by atomic mass is 19.1. The molecule has 1 aromatic heterocycles. The zero-order valence-electron chi connectivity index (χ0n) is 10.6. The Morgan fingerprint density at radius 3 is 2.94 bits per heavy atom. The number of aromatic nitrogens is 1. The number of hydrogen-bond donors (Lipinski definition) is 2. The fourth-order valence-electron chi connectivity index (χ4n) is 1.88. The third-order valence-electron chi connectivity index (χ3n) is 2.95. The predicted molar refractivity (Wildman–Crippen MR) is 69.8 cm³/mol. The summed E-state index contributed by atoms with van der Waals surface area (Å²) < 4.78 is 13.2. The molecule has 4 heteroatoms. The Morgan fingerprint density at radius 2 is 2.22 bits per heavy atom. The van der Waals surface area contributed by atoms with Gasteiger partial charge in [0.2, 0.25) is 5.91 Å². The lowest BCUT2D eigenvalue weighted by Crippen LogP contribution is -2.29. The molecule has 18 heavy (non-hydrogen) atoms. The molecule has 0 aliphatic heterocycles. The molecule has 0 atom stereocenters. The second kappa shape index (κ2) is 5.21. The lowest BCUT2D eigenvalue weighted by Gasteiger charge is -2.06. The number of amides is 1. The van der Waals surface area contributed by atoms with E-state index in [1.807, 2.05) is 20.0 Å². The van der Waals surface area contributed by atoms with E-state index in [0.29, 0.717) is 13.0 Å². The van der Waals surface area contributed by atoms with Crippen LogP contribution in [0.1, 0.15) is 19.4 Å². The van der Waals surface area contributed by atoms with Crippen LogP contribution in [0.15, 0.2) is 24.4 Å². The SMILES string of the molecule is CC(C)C(=O)NCCc1c[nH]c2ccc(F)cc12. The minimum Gasteiger partial charge on any atom is -0.361 e. The van der Waals surface area contributed by atoms with Gasteiger partial charge >= 0.3 is 0 Å². The van der Waals surface area contributed by atoms with Gasteiger partial charge in [-0.1, -0.05) is 13.8 Å². The smallest absolute Gasteiger partial charge is 0.222 e. The molecule has 2 rings (SSSR count). The van der Waals surface area contributed by atoms with E-state index >= 15 is 0 Å². The van der Waals surface area contributed by atoms with Gasteiger partial charge in [0, 0.05) is 29.6 Å². The highest BCUT2D eigenvalue weighted by molar-refractivity contribution is 5.83. The van der Waals surface area contributed by atoms with Crippen molar-refractivity contribution in [2.75, 3.05) is 6.54 Å². The van der Waals surface area contributed by atoms with Gasteiger partial charge in [-0.15, -0.1) is 0 Å². The molecule has 0 saturated carbocycles. The second-order valence-electron chi connectivity index (χ2n) is 4.70. The summed E-state index contributed by atoms with van der Waals surface area (Å²) in [5.41, 5.74) is 1.94. The minimum absolute atomic E-state index is 0.00888. The molecule has 0 unspecified atom stereocenters. The van der Waals surface area contributed by atoms with Crippen LogP contribution >= 0.6 is 0 Å². The molecule has 0 radical (unpaired) electrons. The van der Waals surface area contributed by atoms with Crippen molar-refractivity contribution in [3.63, 3.8) is 0 Å². The van der Waals surface area contributed by atoms with Crippen molar-refractivity contribution in [3.05, 3.63) is 35.8 Å². The monoisotopic (exact) mass is 248 g/mol. The van der Waals surface area contributed by atoms with Gasteiger partial charge in [-0.3, -0.25) is 4.79 Å². The zero-order chi connectivity index (χ0) is 13.1. The third kappa shape index (κ3) is 2.70. The molecule has 0 aliphatic rings.